The average Bonchev–Trinajstić information content (AvgIpc) is 2.66. The van der Waals surface area contributed by atoms with Crippen LogP contribution in [0.4, 0.5) is 13.2 Å². The molecule has 1 aliphatic carbocycles. The van der Waals surface area contributed by atoms with Gasteiger partial charge in [-0.1, -0.05) is 27.7 Å². The van der Waals surface area contributed by atoms with E-state index in [0.29, 0.717) is 0 Å². The quantitative estimate of drug-likeness (QED) is 0.852. The van der Waals surface area contributed by atoms with Crippen molar-refractivity contribution in [1.82, 2.24) is 4.90 Å². The van der Waals surface area contributed by atoms with Gasteiger partial charge in [0.2, 0.25) is 5.91 Å². The number of likely N-dealkylation sites (tertiary alicyclic amines) is 1. The summed E-state index contributed by atoms with van der Waals surface area (Å²) < 4.78 is 38.8. The van der Waals surface area contributed by atoms with E-state index in [9.17, 15) is 22.8 Å². The van der Waals surface area contributed by atoms with E-state index in [4.69, 9.17) is 5.11 Å². The second kappa shape index (κ2) is 4.36. The zero-order valence-electron chi connectivity index (χ0n) is 12.5. The molecule has 1 amide bonds. The molecule has 0 bridgehead atoms. The van der Waals surface area contributed by atoms with Gasteiger partial charge in [-0.15, -0.1) is 0 Å². The Hall–Kier alpha value is -1.27. The largest absolute Gasteiger partial charge is 0.481 e. The van der Waals surface area contributed by atoms with E-state index < -0.39 is 30.5 Å². The number of carboxylic acid groups (broad SMARTS) is 1. The minimum atomic E-state index is -4.60. The summed E-state index contributed by atoms with van der Waals surface area (Å²) in [5, 5.41) is 8.97. The predicted molar refractivity (Wildman–Crippen MR) is 68.3 cm³/mol. The van der Waals surface area contributed by atoms with E-state index in [1.165, 1.54) is 0 Å². The van der Waals surface area contributed by atoms with E-state index in [1.807, 2.05) is 27.7 Å². The first-order valence-corrected chi connectivity index (χ1v) is 6.90. The summed E-state index contributed by atoms with van der Waals surface area (Å²) in [4.78, 5) is 24.6. The summed E-state index contributed by atoms with van der Waals surface area (Å²) in [6.45, 7) is 6.70. The van der Waals surface area contributed by atoms with Crippen LogP contribution in [-0.2, 0) is 9.59 Å². The molecule has 1 saturated carbocycles. The lowest BCUT2D eigenvalue weighted by atomic mass is 9.96. The van der Waals surface area contributed by atoms with Gasteiger partial charge in [0, 0.05) is 19.0 Å². The Labute approximate surface area is 121 Å². The lowest BCUT2D eigenvalue weighted by molar-refractivity contribution is -0.188. The number of amides is 1. The van der Waals surface area contributed by atoms with Crippen LogP contribution in [0.1, 0.15) is 27.7 Å². The van der Waals surface area contributed by atoms with Gasteiger partial charge >= 0.3 is 12.1 Å². The molecule has 1 aliphatic heterocycles. The van der Waals surface area contributed by atoms with Crippen molar-refractivity contribution < 1.29 is 27.9 Å². The number of nitrogens with zero attached hydrogens (tertiary/aromatic N) is 1. The molecule has 2 fully saturated rings. The second-order valence-corrected chi connectivity index (χ2v) is 7.21. The highest BCUT2D eigenvalue weighted by Crippen LogP contribution is 2.69. The molecule has 0 spiro atoms. The molecule has 120 valence electrons. The molecular formula is C14H20F3NO3. The van der Waals surface area contributed by atoms with Crippen LogP contribution < -0.4 is 0 Å². The number of carbonyl (C=O) groups is 2. The molecule has 2 atom stereocenters. The molecule has 2 rings (SSSR count). The SMILES string of the molecule is CC1(C)C(C(=O)N2C[C@@H](C(F)(F)F)[C@H](C(=O)O)C2)C1(C)C. The van der Waals surface area contributed by atoms with Crippen LogP contribution in [-0.4, -0.2) is 41.1 Å². The molecule has 0 aromatic rings. The first kappa shape index (κ1) is 16.1. The summed E-state index contributed by atoms with van der Waals surface area (Å²) in [5.41, 5.74) is -0.557. The third-order valence-corrected chi connectivity index (χ3v) is 5.64. The Balaban J connectivity index is 2.17. The van der Waals surface area contributed by atoms with Crippen LogP contribution in [0, 0.1) is 28.6 Å². The summed E-state index contributed by atoms with van der Waals surface area (Å²) >= 11 is 0. The standard InChI is InChI=1S/C14H20F3NO3/c1-12(2)9(13(12,3)4)10(19)18-5-7(11(20)21)8(6-18)14(15,16)17/h7-9H,5-6H2,1-4H3,(H,20,21)/t7-,8-/m1/s1. The Morgan fingerprint density at radius 3 is 1.86 bits per heavy atom. The van der Waals surface area contributed by atoms with E-state index in [-0.39, 0.29) is 29.2 Å². The maximum atomic E-state index is 12.9. The van der Waals surface area contributed by atoms with Gasteiger partial charge in [0.15, 0.2) is 0 Å². The van der Waals surface area contributed by atoms with Gasteiger partial charge in [-0.2, -0.15) is 13.2 Å². The minimum Gasteiger partial charge on any atom is -0.481 e. The molecule has 2 aliphatic rings. The number of carbonyl (C=O) groups excluding carboxylic acids is 1. The van der Waals surface area contributed by atoms with E-state index >= 15 is 0 Å². The number of halogens is 3. The zero-order chi connectivity index (χ0) is 16.4. The van der Waals surface area contributed by atoms with E-state index in [1.54, 1.807) is 0 Å². The molecular weight excluding hydrogens is 287 g/mol. The smallest absolute Gasteiger partial charge is 0.394 e. The van der Waals surface area contributed by atoms with Crippen molar-refractivity contribution in [2.45, 2.75) is 33.9 Å². The molecule has 0 aromatic carbocycles. The summed E-state index contributed by atoms with van der Waals surface area (Å²) in [7, 11) is 0. The summed E-state index contributed by atoms with van der Waals surface area (Å²) in [6, 6.07) is 0. The maximum Gasteiger partial charge on any atom is 0.394 e. The first-order valence-electron chi connectivity index (χ1n) is 6.90. The number of hydrogen-bond acceptors (Lipinski definition) is 2. The fraction of sp³-hybridized carbons (Fsp3) is 0.857. The van der Waals surface area contributed by atoms with Crippen molar-refractivity contribution in [2.75, 3.05) is 13.1 Å². The van der Waals surface area contributed by atoms with Crippen LogP contribution in [0.25, 0.3) is 0 Å². The highest BCUT2D eigenvalue weighted by molar-refractivity contribution is 5.85. The normalized spacial score (nSPS) is 31.3. The highest BCUT2D eigenvalue weighted by atomic mass is 19.4. The molecule has 7 heteroatoms. The number of aliphatic carboxylic acids is 1. The lowest BCUT2D eigenvalue weighted by Gasteiger charge is -2.19. The molecule has 0 radical (unpaired) electrons. The lowest BCUT2D eigenvalue weighted by Crippen LogP contribution is -2.34. The average molecular weight is 307 g/mol. The van der Waals surface area contributed by atoms with Crippen molar-refractivity contribution in [3.8, 4) is 0 Å². The topological polar surface area (TPSA) is 57.6 Å². The fourth-order valence-corrected chi connectivity index (χ4v) is 3.56. The highest BCUT2D eigenvalue weighted by Gasteiger charge is 2.69. The van der Waals surface area contributed by atoms with Crippen LogP contribution in [0.15, 0.2) is 0 Å². The number of hydrogen-bond donors (Lipinski definition) is 1. The van der Waals surface area contributed by atoms with Gasteiger partial charge in [-0.25, -0.2) is 0 Å². The van der Waals surface area contributed by atoms with Crippen molar-refractivity contribution in [2.24, 2.45) is 28.6 Å². The van der Waals surface area contributed by atoms with E-state index in [2.05, 4.69) is 0 Å². The van der Waals surface area contributed by atoms with Gasteiger partial charge in [0.05, 0.1) is 11.8 Å². The van der Waals surface area contributed by atoms with Gasteiger partial charge < -0.3 is 10.0 Å². The van der Waals surface area contributed by atoms with Gasteiger partial charge in [0.1, 0.15) is 0 Å². The predicted octanol–water partition coefficient (Wildman–Crippen LogP) is 2.39. The van der Waals surface area contributed by atoms with Crippen LogP contribution in [0.5, 0.6) is 0 Å². The van der Waals surface area contributed by atoms with Gasteiger partial charge in [-0.3, -0.25) is 9.59 Å². The Bertz CT molecular complexity index is 470. The molecule has 4 nitrogen and oxygen atoms in total. The van der Waals surface area contributed by atoms with Crippen LogP contribution in [0.2, 0.25) is 0 Å². The van der Waals surface area contributed by atoms with Gasteiger partial charge in [-0.05, 0) is 10.8 Å². The summed E-state index contributed by atoms with van der Waals surface area (Å²) in [5.74, 6) is -5.76. The second-order valence-electron chi connectivity index (χ2n) is 7.21. The number of carboxylic acids is 1. The number of alkyl halides is 3. The third-order valence-electron chi connectivity index (χ3n) is 5.64. The monoisotopic (exact) mass is 307 g/mol. The third kappa shape index (κ3) is 2.30. The van der Waals surface area contributed by atoms with Crippen LogP contribution in [0.3, 0.4) is 0 Å². The van der Waals surface area contributed by atoms with Crippen molar-refractivity contribution in [3.05, 3.63) is 0 Å². The first-order chi connectivity index (χ1) is 9.31. The van der Waals surface area contributed by atoms with Gasteiger partial charge in [0.25, 0.3) is 0 Å². The molecule has 1 heterocycles. The molecule has 0 aromatic heterocycles. The van der Waals surface area contributed by atoms with Crippen molar-refractivity contribution in [3.63, 3.8) is 0 Å². The molecule has 21 heavy (non-hydrogen) atoms. The van der Waals surface area contributed by atoms with Crippen LogP contribution >= 0.6 is 0 Å². The van der Waals surface area contributed by atoms with Crippen molar-refractivity contribution in [1.29, 1.82) is 0 Å². The zero-order valence-corrected chi connectivity index (χ0v) is 12.5. The Morgan fingerprint density at radius 1 is 1.10 bits per heavy atom. The minimum absolute atomic E-state index is 0.279. The van der Waals surface area contributed by atoms with E-state index in [0.717, 1.165) is 4.90 Å². The molecule has 1 saturated heterocycles. The Morgan fingerprint density at radius 2 is 1.57 bits per heavy atom. The Kier molecular flexibility index (Phi) is 3.35. The maximum absolute atomic E-state index is 12.9. The molecule has 0 unspecified atom stereocenters. The molecule has 1 N–H and O–H groups in total. The summed E-state index contributed by atoms with van der Waals surface area (Å²) in [6.07, 6.45) is -4.60. The number of rotatable bonds is 2. The van der Waals surface area contributed by atoms with Crippen molar-refractivity contribution >= 4 is 11.9 Å². The fourth-order valence-electron chi connectivity index (χ4n) is 3.56.